The van der Waals surface area contributed by atoms with E-state index in [1.165, 1.54) is 201 Å². The number of aryl methyl sites for hydroxylation is 1. The van der Waals surface area contributed by atoms with E-state index in [1.54, 1.807) is 11.1 Å². The largest absolute Gasteiger partial charge is 0.310 e. The van der Waals surface area contributed by atoms with E-state index < -0.39 is 0 Å². The van der Waals surface area contributed by atoms with Crippen LogP contribution in [0.2, 0.25) is 0 Å². The Hall–Kier alpha value is -3.32. The Labute approximate surface area is 338 Å². The maximum Gasteiger partial charge on any atom is 0.0465 e. The molecule has 0 fully saturated rings. The van der Waals surface area contributed by atoms with E-state index in [-0.39, 0.29) is 5.41 Å². The summed E-state index contributed by atoms with van der Waals surface area (Å²) in [4.78, 5) is 2.47. The van der Waals surface area contributed by atoms with E-state index in [2.05, 4.69) is 123 Å². The lowest BCUT2D eigenvalue weighted by Gasteiger charge is -2.34. The average Bonchev–Trinajstić information content (AvgIpc) is 3.48. The molecule has 4 aromatic rings. The molecule has 1 heteroatoms. The quantitative estimate of drug-likeness (QED) is 0.0501. The molecule has 4 aromatic carbocycles. The lowest BCUT2D eigenvalue weighted by molar-refractivity contribution is 0.397. The number of rotatable bonds is 29. The maximum atomic E-state index is 2.60. The van der Waals surface area contributed by atoms with Crippen LogP contribution in [0.1, 0.15) is 197 Å². The van der Waals surface area contributed by atoms with Crippen LogP contribution in [-0.4, -0.2) is 0 Å². The van der Waals surface area contributed by atoms with E-state index in [4.69, 9.17) is 0 Å². The van der Waals surface area contributed by atoms with E-state index >= 15 is 0 Å². The standard InChI is InChI=1S/C54H77N/c1-4-6-8-10-12-14-16-18-20-22-24-31-43-54(44-32-25-23-21-19-17-15-13-11-9-7-5-2)52-36-30-29-35-50(52)51-42-41-49(45-53(51)54)55(47-33-27-26-28-34-47)48-39-37-46(3)38-40-48/h26-30,33-42,45H,4-25,31-32,43-44H2,1-3H3. The first kappa shape index (κ1) is 42.8. The van der Waals surface area contributed by atoms with Crippen LogP contribution < -0.4 is 4.90 Å². The molecule has 1 nitrogen and oxygen atoms in total. The Morgan fingerprint density at radius 3 is 1.27 bits per heavy atom. The van der Waals surface area contributed by atoms with Gasteiger partial charge in [-0.25, -0.2) is 0 Å². The maximum absolute atomic E-state index is 2.60. The van der Waals surface area contributed by atoms with Crippen molar-refractivity contribution >= 4 is 17.1 Å². The highest BCUT2D eigenvalue weighted by Gasteiger charge is 2.42. The number of hydrogen-bond acceptors (Lipinski definition) is 1. The molecule has 0 radical (unpaired) electrons. The molecule has 1 aliphatic rings. The number of para-hydroxylation sites is 1. The van der Waals surface area contributed by atoms with Gasteiger partial charge in [0.15, 0.2) is 0 Å². The highest BCUT2D eigenvalue weighted by atomic mass is 15.1. The van der Waals surface area contributed by atoms with Crippen molar-refractivity contribution in [2.75, 3.05) is 4.90 Å². The Morgan fingerprint density at radius 1 is 0.364 bits per heavy atom. The Morgan fingerprint density at radius 2 is 0.764 bits per heavy atom. The van der Waals surface area contributed by atoms with E-state index in [9.17, 15) is 0 Å². The van der Waals surface area contributed by atoms with Gasteiger partial charge in [-0.2, -0.15) is 0 Å². The average molecular weight is 740 g/mol. The zero-order chi connectivity index (χ0) is 38.4. The summed E-state index contributed by atoms with van der Waals surface area (Å²) in [7, 11) is 0. The van der Waals surface area contributed by atoms with E-state index in [1.807, 2.05) is 0 Å². The molecule has 0 heterocycles. The van der Waals surface area contributed by atoms with Crippen LogP contribution in [0.15, 0.2) is 97.1 Å². The summed E-state index contributed by atoms with van der Waals surface area (Å²) in [6.07, 6.45) is 36.1. The van der Waals surface area contributed by atoms with Gasteiger partial charge in [0.1, 0.15) is 0 Å². The molecule has 0 saturated carbocycles. The van der Waals surface area contributed by atoms with Crippen molar-refractivity contribution < 1.29 is 0 Å². The molecule has 0 amide bonds. The summed E-state index contributed by atoms with van der Waals surface area (Å²) in [5, 5.41) is 0. The molecular weight excluding hydrogens is 663 g/mol. The van der Waals surface area contributed by atoms with Crippen LogP contribution in [0.4, 0.5) is 17.1 Å². The predicted molar refractivity (Wildman–Crippen MR) is 243 cm³/mol. The smallest absolute Gasteiger partial charge is 0.0465 e. The molecule has 0 saturated heterocycles. The molecule has 0 bridgehead atoms. The Bertz CT molecular complexity index is 1570. The lowest BCUT2D eigenvalue weighted by Crippen LogP contribution is -2.26. The summed E-state index contributed by atoms with van der Waals surface area (Å²) >= 11 is 0. The Balaban J connectivity index is 1.30. The highest BCUT2D eigenvalue weighted by molar-refractivity contribution is 5.85. The second kappa shape index (κ2) is 24.3. The summed E-state index contributed by atoms with van der Waals surface area (Å²) in [5.41, 5.74) is 11.2. The minimum absolute atomic E-state index is 0.0779. The molecule has 0 N–H and O–H groups in total. The third-order valence-corrected chi connectivity index (χ3v) is 12.7. The van der Waals surface area contributed by atoms with Crippen LogP contribution in [0.25, 0.3) is 11.1 Å². The molecule has 298 valence electrons. The third kappa shape index (κ3) is 12.8. The molecule has 1 aliphatic carbocycles. The summed E-state index contributed by atoms with van der Waals surface area (Å²) in [5.74, 6) is 0. The normalized spacial score (nSPS) is 12.9. The fraction of sp³-hybridized carbons (Fsp3) is 0.556. The predicted octanol–water partition coefficient (Wildman–Crippen LogP) is 17.9. The summed E-state index contributed by atoms with van der Waals surface area (Å²) < 4.78 is 0. The topological polar surface area (TPSA) is 3.24 Å². The lowest BCUT2D eigenvalue weighted by atomic mass is 9.70. The molecule has 0 unspecified atom stereocenters. The summed E-state index contributed by atoms with van der Waals surface area (Å²) in [6.45, 7) is 6.81. The fourth-order valence-corrected chi connectivity index (χ4v) is 9.50. The van der Waals surface area contributed by atoms with Crippen LogP contribution in [-0.2, 0) is 5.41 Å². The molecule has 0 spiro atoms. The molecule has 55 heavy (non-hydrogen) atoms. The second-order valence-electron chi connectivity index (χ2n) is 17.1. The van der Waals surface area contributed by atoms with Crippen molar-refractivity contribution in [3.63, 3.8) is 0 Å². The Kier molecular flexibility index (Phi) is 19.0. The van der Waals surface area contributed by atoms with Gasteiger partial charge in [-0.15, -0.1) is 0 Å². The van der Waals surface area contributed by atoms with Gasteiger partial charge in [0.05, 0.1) is 0 Å². The van der Waals surface area contributed by atoms with Crippen LogP contribution in [0, 0.1) is 6.92 Å². The first-order valence-electron chi connectivity index (χ1n) is 23.3. The third-order valence-electron chi connectivity index (χ3n) is 12.7. The van der Waals surface area contributed by atoms with Crippen LogP contribution >= 0.6 is 0 Å². The van der Waals surface area contributed by atoms with Crippen LogP contribution in [0.5, 0.6) is 0 Å². The van der Waals surface area contributed by atoms with Gasteiger partial charge in [0.2, 0.25) is 0 Å². The van der Waals surface area contributed by atoms with Crippen molar-refractivity contribution in [1.82, 2.24) is 0 Å². The molecule has 0 aromatic heterocycles. The number of unbranched alkanes of at least 4 members (excludes halogenated alkanes) is 22. The molecule has 0 aliphatic heterocycles. The van der Waals surface area contributed by atoms with Gasteiger partial charge >= 0.3 is 0 Å². The van der Waals surface area contributed by atoms with Crippen molar-refractivity contribution in [2.24, 2.45) is 0 Å². The minimum atomic E-state index is 0.0779. The van der Waals surface area contributed by atoms with Gasteiger partial charge in [-0.1, -0.05) is 234 Å². The van der Waals surface area contributed by atoms with Gasteiger partial charge in [-0.05, 0) is 78.4 Å². The van der Waals surface area contributed by atoms with Gasteiger partial charge in [0.25, 0.3) is 0 Å². The monoisotopic (exact) mass is 740 g/mol. The first-order chi connectivity index (χ1) is 27.2. The number of hydrogen-bond donors (Lipinski definition) is 0. The van der Waals surface area contributed by atoms with Crippen molar-refractivity contribution in [2.45, 2.75) is 193 Å². The van der Waals surface area contributed by atoms with E-state index in [0.717, 1.165) is 0 Å². The van der Waals surface area contributed by atoms with Crippen molar-refractivity contribution in [3.8, 4) is 11.1 Å². The number of fused-ring (bicyclic) bond motifs is 3. The molecule has 5 rings (SSSR count). The van der Waals surface area contributed by atoms with Crippen LogP contribution in [0.3, 0.4) is 0 Å². The zero-order valence-electron chi connectivity index (χ0n) is 35.6. The van der Waals surface area contributed by atoms with Crippen molar-refractivity contribution in [1.29, 1.82) is 0 Å². The SMILES string of the molecule is CCCCCCCCCCCCCCC1(CCCCCCCCCCCCCC)c2ccccc2-c2ccc(N(c3ccccc3)c3ccc(C)cc3)cc21. The fourth-order valence-electron chi connectivity index (χ4n) is 9.50. The zero-order valence-corrected chi connectivity index (χ0v) is 35.6. The van der Waals surface area contributed by atoms with Gasteiger partial charge in [0, 0.05) is 22.5 Å². The number of nitrogens with zero attached hydrogens (tertiary/aromatic N) is 1. The summed E-state index contributed by atoms with van der Waals surface area (Å²) in [6, 6.07) is 37.0. The second-order valence-corrected chi connectivity index (χ2v) is 17.1. The first-order valence-corrected chi connectivity index (χ1v) is 23.3. The van der Waals surface area contributed by atoms with Gasteiger partial charge < -0.3 is 4.90 Å². The van der Waals surface area contributed by atoms with Gasteiger partial charge in [-0.3, -0.25) is 0 Å². The number of anilines is 3. The van der Waals surface area contributed by atoms with E-state index in [0.29, 0.717) is 0 Å². The number of benzene rings is 4. The molecule has 0 atom stereocenters. The molecular formula is C54H77N. The van der Waals surface area contributed by atoms with Crippen molar-refractivity contribution in [3.05, 3.63) is 114 Å². The highest BCUT2D eigenvalue weighted by Crippen LogP contribution is 2.55. The minimum Gasteiger partial charge on any atom is -0.310 e.